The van der Waals surface area contributed by atoms with E-state index in [2.05, 4.69) is 5.32 Å². The molecule has 0 radical (unpaired) electrons. The fourth-order valence-electron chi connectivity index (χ4n) is 3.26. The number of cyclic esters (lactones) is 1. The highest BCUT2D eigenvalue weighted by Gasteiger charge is 2.33. The third-order valence-electron chi connectivity index (χ3n) is 4.72. The van der Waals surface area contributed by atoms with Crippen molar-refractivity contribution in [3.05, 3.63) is 45.6 Å². The Morgan fingerprint density at radius 2 is 2.00 bits per heavy atom. The Morgan fingerprint density at radius 3 is 2.69 bits per heavy atom. The van der Waals surface area contributed by atoms with Gasteiger partial charge in [0.05, 0.1) is 35.5 Å². The van der Waals surface area contributed by atoms with E-state index in [0.29, 0.717) is 34.6 Å². The molecule has 0 spiro atoms. The number of rotatable bonds is 5. The van der Waals surface area contributed by atoms with Crippen LogP contribution in [-0.4, -0.2) is 57.2 Å². The lowest BCUT2D eigenvalue weighted by Gasteiger charge is -2.32. The largest absolute Gasteiger partial charge is 0.442 e. The summed E-state index contributed by atoms with van der Waals surface area (Å²) in [5.74, 6) is -0.257. The Bertz CT molecular complexity index is 894. The van der Waals surface area contributed by atoms with Gasteiger partial charge in [-0.25, -0.2) is 9.18 Å². The molecule has 2 fully saturated rings. The zero-order valence-electron chi connectivity index (χ0n) is 15.3. The number of morpholine rings is 1. The number of anilines is 2. The minimum Gasteiger partial charge on any atom is -0.442 e. The number of alkyl halides is 1. The average molecular weight is 440 g/mol. The maximum atomic E-state index is 14.0. The van der Waals surface area contributed by atoms with E-state index in [1.807, 2.05) is 0 Å². The van der Waals surface area contributed by atoms with Gasteiger partial charge in [-0.05, 0) is 36.4 Å². The van der Waals surface area contributed by atoms with E-state index in [9.17, 15) is 14.0 Å². The third-order valence-corrected chi connectivity index (χ3v) is 5.95. The predicted octanol–water partition coefficient (Wildman–Crippen LogP) is 3.29. The number of hydrogen-bond donors (Lipinski definition) is 1. The lowest BCUT2D eigenvalue weighted by molar-refractivity contribution is 0.0497. The van der Waals surface area contributed by atoms with Crippen LogP contribution in [0.5, 0.6) is 0 Å². The monoisotopic (exact) mass is 439 g/mol. The van der Waals surface area contributed by atoms with Gasteiger partial charge >= 0.3 is 6.09 Å². The van der Waals surface area contributed by atoms with Gasteiger partial charge in [-0.3, -0.25) is 9.69 Å². The van der Waals surface area contributed by atoms with Crippen LogP contribution in [0.15, 0.2) is 36.4 Å². The lowest BCUT2D eigenvalue weighted by Crippen LogP contribution is -2.42. The number of carbonyl (C=O) groups excluding carboxylic acids is 2. The van der Waals surface area contributed by atoms with E-state index in [-0.39, 0.29) is 19.1 Å². The molecule has 2 aromatic rings. The van der Waals surface area contributed by atoms with Crippen molar-refractivity contribution in [1.82, 2.24) is 5.32 Å². The Labute approximate surface area is 175 Å². The molecule has 2 aliphatic rings. The molecule has 2 atom stereocenters. The fraction of sp³-hybridized carbons (Fsp3) is 0.368. The summed E-state index contributed by atoms with van der Waals surface area (Å²) in [5.41, 5.74) is 1.39. The summed E-state index contributed by atoms with van der Waals surface area (Å²) in [7, 11) is 0. The highest BCUT2D eigenvalue weighted by Crippen LogP contribution is 2.27. The number of ether oxygens (including phenoxy) is 2. The number of hydrogen-bond acceptors (Lipinski definition) is 6. The number of benzene rings is 1. The van der Waals surface area contributed by atoms with Crippen molar-refractivity contribution >= 4 is 46.3 Å². The summed E-state index contributed by atoms with van der Waals surface area (Å²) in [6.45, 7) is 1.51. The number of amides is 2. The summed E-state index contributed by atoms with van der Waals surface area (Å²) in [6, 6.07) is 10.4. The van der Waals surface area contributed by atoms with Crippen LogP contribution in [0.3, 0.4) is 0 Å². The first kappa shape index (κ1) is 19.9. The molecule has 2 saturated heterocycles. The van der Waals surface area contributed by atoms with Gasteiger partial charge in [0.2, 0.25) is 0 Å². The van der Waals surface area contributed by atoms with Crippen LogP contribution in [0.2, 0.25) is 4.34 Å². The van der Waals surface area contributed by atoms with Gasteiger partial charge in [-0.1, -0.05) is 11.6 Å². The summed E-state index contributed by atoms with van der Waals surface area (Å²) in [5, 5.41) is 2.75. The van der Waals surface area contributed by atoms with Gasteiger partial charge in [-0.2, -0.15) is 0 Å². The van der Waals surface area contributed by atoms with Gasteiger partial charge in [0, 0.05) is 17.9 Å². The fourth-order valence-corrected chi connectivity index (χ4v) is 4.22. The minimum atomic E-state index is -1.18. The second-order valence-electron chi connectivity index (χ2n) is 6.65. The van der Waals surface area contributed by atoms with E-state index in [1.165, 1.54) is 16.2 Å². The molecule has 154 valence electrons. The zero-order valence-corrected chi connectivity index (χ0v) is 16.9. The molecule has 10 heteroatoms. The quantitative estimate of drug-likeness (QED) is 0.724. The molecule has 2 aliphatic heterocycles. The number of halogens is 2. The van der Waals surface area contributed by atoms with Gasteiger partial charge in [0.1, 0.15) is 6.10 Å². The van der Waals surface area contributed by atoms with Gasteiger partial charge in [-0.15, -0.1) is 11.3 Å². The Kier molecular flexibility index (Phi) is 5.89. The molecule has 1 unspecified atom stereocenters. The number of thiophene rings is 1. The Balaban J connectivity index is 1.34. The van der Waals surface area contributed by atoms with Crippen molar-refractivity contribution in [1.29, 1.82) is 0 Å². The second-order valence-corrected chi connectivity index (χ2v) is 8.36. The number of carbonyl (C=O) groups is 2. The standard InChI is InChI=1S/C19H19ClFN3O4S/c20-16-6-5-15(29-16)18(25)22-9-14-10-24(19(26)28-14)13-3-1-12(2-4-13)23-7-8-27-11-17(23)21/h1-6,14,17H,7-11H2,(H,22,25)/t14-,17?/m0/s1. The molecule has 0 bridgehead atoms. The Hall–Kier alpha value is -2.36. The van der Waals surface area contributed by atoms with E-state index in [4.69, 9.17) is 21.1 Å². The summed E-state index contributed by atoms with van der Waals surface area (Å²) in [4.78, 5) is 28.0. The molecule has 3 heterocycles. The first-order chi connectivity index (χ1) is 14.0. The van der Waals surface area contributed by atoms with Crippen LogP contribution in [0.1, 0.15) is 9.67 Å². The van der Waals surface area contributed by atoms with E-state index < -0.39 is 18.5 Å². The van der Waals surface area contributed by atoms with E-state index >= 15 is 0 Å². The van der Waals surface area contributed by atoms with E-state index in [1.54, 1.807) is 41.3 Å². The first-order valence-corrected chi connectivity index (χ1v) is 10.3. The topological polar surface area (TPSA) is 71.1 Å². The zero-order chi connectivity index (χ0) is 20.4. The average Bonchev–Trinajstić information content (AvgIpc) is 3.32. The highest BCUT2D eigenvalue weighted by atomic mass is 35.5. The normalized spacial score (nSPS) is 21.9. The molecule has 0 aliphatic carbocycles. The molecule has 29 heavy (non-hydrogen) atoms. The van der Waals surface area contributed by atoms with Crippen molar-refractivity contribution in [3.8, 4) is 0 Å². The van der Waals surface area contributed by atoms with Crippen molar-refractivity contribution in [2.75, 3.05) is 42.6 Å². The molecule has 1 N–H and O–H groups in total. The smallest absolute Gasteiger partial charge is 0.414 e. The van der Waals surface area contributed by atoms with Gasteiger partial charge in [0.25, 0.3) is 5.91 Å². The molecular formula is C19H19ClFN3O4S. The van der Waals surface area contributed by atoms with Crippen LogP contribution in [0, 0.1) is 0 Å². The molecular weight excluding hydrogens is 421 g/mol. The predicted molar refractivity (Wildman–Crippen MR) is 109 cm³/mol. The van der Waals surface area contributed by atoms with Crippen LogP contribution < -0.4 is 15.1 Å². The Morgan fingerprint density at radius 1 is 1.24 bits per heavy atom. The maximum absolute atomic E-state index is 14.0. The highest BCUT2D eigenvalue weighted by molar-refractivity contribution is 7.17. The van der Waals surface area contributed by atoms with Crippen LogP contribution in [0.25, 0.3) is 0 Å². The van der Waals surface area contributed by atoms with Crippen molar-refractivity contribution < 1.29 is 23.5 Å². The minimum absolute atomic E-state index is 0.0469. The molecule has 2 amide bonds. The summed E-state index contributed by atoms with van der Waals surface area (Å²) < 4.78 is 25.0. The maximum Gasteiger partial charge on any atom is 0.414 e. The van der Waals surface area contributed by atoms with Crippen LogP contribution in [0.4, 0.5) is 20.6 Å². The first-order valence-electron chi connectivity index (χ1n) is 9.11. The van der Waals surface area contributed by atoms with Crippen molar-refractivity contribution in [2.45, 2.75) is 12.4 Å². The number of nitrogens with one attached hydrogen (secondary N) is 1. The summed E-state index contributed by atoms with van der Waals surface area (Å²) >= 11 is 7.03. The molecule has 1 aromatic carbocycles. The molecule has 7 nitrogen and oxygen atoms in total. The SMILES string of the molecule is O=C(NC[C@H]1CN(c2ccc(N3CCOCC3F)cc2)C(=O)O1)c1ccc(Cl)s1. The van der Waals surface area contributed by atoms with Crippen LogP contribution in [-0.2, 0) is 9.47 Å². The van der Waals surface area contributed by atoms with Crippen molar-refractivity contribution in [3.63, 3.8) is 0 Å². The lowest BCUT2D eigenvalue weighted by atomic mass is 10.2. The second kappa shape index (κ2) is 8.56. The van der Waals surface area contributed by atoms with Crippen molar-refractivity contribution in [2.24, 2.45) is 0 Å². The van der Waals surface area contributed by atoms with E-state index in [0.717, 1.165) is 5.69 Å². The summed E-state index contributed by atoms with van der Waals surface area (Å²) in [6.07, 6.45) is -2.13. The van der Waals surface area contributed by atoms with Gasteiger partial charge < -0.3 is 19.7 Å². The molecule has 0 saturated carbocycles. The van der Waals surface area contributed by atoms with Gasteiger partial charge in [0.15, 0.2) is 6.30 Å². The number of nitrogens with zero attached hydrogens (tertiary/aromatic N) is 2. The third kappa shape index (κ3) is 4.47. The van der Waals surface area contributed by atoms with Crippen LogP contribution >= 0.6 is 22.9 Å². The molecule has 4 rings (SSSR count). The molecule has 1 aromatic heterocycles.